The van der Waals surface area contributed by atoms with Gasteiger partial charge in [-0.3, -0.25) is 4.90 Å². The molecular weight excluding hydrogens is 373 g/mol. The zero-order valence-electron chi connectivity index (χ0n) is 11.0. The third-order valence-electron chi connectivity index (χ3n) is 3.29. The van der Waals surface area contributed by atoms with E-state index in [0.717, 1.165) is 16.2 Å². The van der Waals surface area contributed by atoms with Crippen molar-refractivity contribution in [3.63, 3.8) is 0 Å². The summed E-state index contributed by atoms with van der Waals surface area (Å²) >= 11 is 3.29. The second-order valence-corrected chi connectivity index (χ2v) is 7.30. The molecule has 0 spiro atoms. The highest BCUT2D eigenvalue weighted by Gasteiger charge is 2.33. The summed E-state index contributed by atoms with van der Waals surface area (Å²) in [6.07, 6.45) is 0. The number of piperazine rings is 1. The lowest BCUT2D eigenvalue weighted by atomic mass is 10.3. The van der Waals surface area contributed by atoms with Crippen LogP contribution in [0.25, 0.3) is 0 Å². The van der Waals surface area contributed by atoms with E-state index < -0.39 is 32.4 Å². The Kier molecular flexibility index (Phi) is 5.29. The molecule has 0 atom stereocenters. The highest BCUT2D eigenvalue weighted by atomic mass is 79.9. The zero-order valence-corrected chi connectivity index (χ0v) is 13.4. The van der Waals surface area contributed by atoms with Gasteiger partial charge in [0.1, 0.15) is 17.5 Å². The van der Waals surface area contributed by atoms with Crippen LogP contribution >= 0.6 is 15.9 Å². The minimum Gasteiger partial charge on any atom is -0.300 e. The Balaban J connectivity index is 2.24. The fourth-order valence-corrected chi connectivity index (χ4v) is 4.23. The smallest absolute Gasteiger partial charge is 0.249 e. The highest BCUT2D eigenvalue weighted by Crippen LogP contribution is 2.24. The van der Waals surface area contributed by atoms with Crippen LogP contribution in [0.1, 0.15) is 0 Å². The van der Waals surface area contributed by atoms with Gasteiger partial charge in [0, 0.05) is 50.2 Å². The lowest BCUT2D eigenvalue weighted by molar-refractivity contribution is 0.197. The molecule has 0 aromatic heterocycles. The number of hydrogen-bond donors (Lipinski definition) is 0. The predicted octanol–water partition coefficient (Wildman–Crippen LogP) is 1.81. The molecule has 1 saturated heterocycles. The highest BCUT2D eigenvalue weighted by molar-refractivity contribution is 9.09. The number of halogens is 4. The van der Waals surface area contributed by atoms with Gasteiger partial charge in [-0.25, -0.2) is 21.6 Å². The van der Waals surface area contributed by atoms with E-state index in [9.17, 15) is 21.6 Å². The SMILES string of the molecule is O=S(=O)(c1c(F)cc(F)cc1F)N1CCN(CCBr)CC1. The fraction of sp³-hybridized carbons (Fsp3) is 0.500. The first-order chi connectivity index (χ1) is 9.86. The monoisotopic (exact) mass is 386 g/mol. The zero-order chi connectivity index (χ0) is 15.6. The first-order valence-electron chi connectivity index (χ1n) is 6.29. The average Bonchev–Trinajstić information content (AvgIpc) is 2.38. The van der Waals surface area contributed by atoms with Crippen LogP contribution in [0.5, 0.6) is 0 Å². The van der Waals surface area contributed by atoms with Crippen LogP contribution in [0, 0.1) is 17.5 Å². The van der Waals surface area contributed by atoms with Crippen molar-refractivity contribution in [2.24, 2.45) is 0 Å². The third kappa shape index (κ3) is 3.58. The van der Waals surface area contributed by atoms with Crippen molar-refractivity contribution in [2.45, 2.75) is 4.90 Å². The van der Waals surface area contributed by atoms with Gasteiger partial charge in [0.25, 0.3) is 0 Å². The van der Waals surface area contributed by atoms with Crippen LogP contribution in [0.3, 0.4) is 0 Å². The Morgan fingerprint density at radius 3 is 2.05 bits per heavy atom. The van der Waals surface area contributed by atoms with Crippen molar-refractivity contribution in [1.29, 1.82) is 0 Å². The molecule has 21 heavy (non-hydrogen) atoms. The minimum atomic E-state index is -4.30. The molecule has 1 heterocycles. The second kappa shape index (κ2) is 6.64. The number of alkyl halides is 1. The van der Waals surface area contributed by atoms with Crippen molar-refractivity contribution >= 4 is 26.0 Å². The van der Waals surface area contributed by atoms with Crippen molar-refractivity contribution in [3.05, 3.63) is 29.6 Å². The number of nitrogens with zero attached hydrogens (tertiary/aromatic N) is 2. The molecule has 1 aromatic carbocycles. The van der Waals surface area contributed by atoms with Crippen molar-refractivity contribution in [1.82, 2.24) is 9.21 Å². The molecular formula is C12H14BrF3N2O2S. The van der Waals surface area contributed by atoms with E-state index in [1.807, 2.05) is 4.90 Å². The second-order valence-electron chi connectivity index (χ2n) is 4.63. The summed E-state index contributed by atoms with van der Waals surface area (Å²) in [5.74, 6) is -3.96. The number of sulfonamides is 1. The molecule has 1 fully saturated rings. The van der Waals surface area contributed by atoms with E-state index in [4.69, 9.17) is 0 Å². The van der Waals surface area contributed by atoms with Gasteiger partial charge in [-0.2, -0.15) is 4.31 Å². The average molecular weight is 387 g/mol. The Morgan fingerprint density at radius 1 is 1.05 bits per heavy atom. The molecule has 1 aliphatic rings. The molecule has 0 unspecified atom stereocenters. The number of rotatable bonds is 4. The van der Waals surface area contributed by atoms with Crippen molar-refractivity contribution < 1.29 is 21.6 Å². The lowest BCUT2D eigenvalue weighted by Crippen LogP contribution is -2.49. The fourth-order valence-electron chi connectivity index (χ4n) is 2.22. The van der Waals surface area contributed by atoms with Gasteiger partial charge in [-0.1, -0.05) is 15.9 Å². The van der Waals surface area contributed by atoms with Gasteiger partial charge in [0.2, 0.25) is 10.0 Å². The van der Waals surface area contributed by atoms with Gasteiger partial charge in [-0.15, -0.1) is 0 Å². The molecule has 9 heteroatoms. The van der Waals surface area contributed by atoms with Gasteiger partial charge < -0.3 is 0 Å². The van der Waals surface area contributed by atoms with Crippen LogP contribution in [0.2, 0.25) is 0 Å². The van der Waals surface area contributed by atoms with Crippen LogP contribution < -0.4 is 0 Å². The topological polar surface area (TPSA) is 40.6 Å². The van der Waals surface area contributed by atoms with Crippen molar-refractivity contribution in [3.8, 4) is 0 Å². The largest absolute Gasteiger partial charge is 0.300 e. The summed E-state index contributed by atoms with van der Waals surface area (Å²) in [5.41, 5.74) is 0. The maximum absolute atomic E-state index is 13.7. The predicted molar refractivity (Wildman–Crippen MR) is 75.3 cm³/mol. The van der Waals surface area contributed by atoms with Crippen LogP contribution in [0.4, 0.5) is 13.2 Å². The van der Waals surface area contributed by atoms with Crippen LogP contribution in [-0.2, 0) is 10.0 Å². The van der Waals surface area contributed by atoms with Crippen molar-refractivity contribution in [2.75, 3.05) is 38.1 Å². The first kappa shape index (κ1) is 16.7. The van der Waals surface area contributed by atoms with Gasteiger partial charge >= 0.3 is 0 Å². The van der Waals surface area contributed by atoms with E-state index in [0.29, 0.717) is 25.2 Å². The Morgan fingerprint density at radius 2 is 1.57 bits per heavy atom. The van der Waals surface area contributed by atoms with E-state index in [2.05, 4.69) is 15.9 Å². The van der Waals surface area contributed by atoms with E-state index in [-0.39, 0.29) is 13.1 Å². The molecule has 0 bridgehead atoms. The number of hydrogen-bond acceptors (Lipinski definition) is 3. The van der Waals surface area contributed by atoms with E-state index in [1.165, 1.54) is 0 Å². The number of benzene rings is 1. The first-order valence-corrected chi connectivity index (χ1v) is 8.85. The molecule has 2 rings (SSSR count). The molecule has 1 aliphatic heterocycles. The van der Waals surface area contributed by atoms with Gasteiger partial charge in [-0.05, 0) is 0 Å². The van der Waals surface area contributed by atoms with Gasteiger partial charge in [0.05, 0.1) is 0 Å². The summed E-state index contributed by atoms with van der Waals surface area (Å²) in [6.45, 7) is 2.02. The van der Waals surface area contributed by atoms with Gasteiger partial charge in [0.15, 0.2) is 4.90 Å². The maximum Gasteiger partial charge on any atom is 0.249 e. The lowest BCUT2D eigenvalue weighted by Gasteiger charge is -2.33. The summed E-state index contributed by atoms with van der Waals surface area (Å²) in [7, 11) is -4.30. The Labute approximate surface area is 129 Å². The molecule has 0 saturated carbocycles. The summed E-state index contributed by atoms with van der Waals surface area (Å²) in [6, 6.07) is 0.744. The molecule has 4 nitrogen and oxygen atoms in total. The molecule has 1 aromatic rings. The molecule has 0 aliphatic carbocycles. The summed E-state index contributed by atoms with van der Waals surface area (Å²) in [4.78, 5) is 0.954. The van der Waals surface area contributed by atoms with E-state index >= 15 is 0 Å². The standard InChI is InChI=1S/C12H14BrF3N2O2S/c13-1-2-17-3-5-18(6-4-17)21(19,20)12-10(15)7-9(14)8-11(12)16/h7-8H,1-6H2. The normalized spacial score (nSPS) is 18.1. The Bertz CT molecular complexity index is 596. The van der Waals surface area contributed by atoms with Crippen LogP contribution in [0.15, 0.2) is 17.0 Å². The summed E-state index contributed by atoms with van der Waals surface area (Å²) in [5, 5.41) is 0.765. The maximum atomic E-state index is 13.7. The Hall–Kier alpha value is -0.640. The third-order valence-corrected chi connectivity index (χ3v) is 5.60. The molecule has 0 radical (unpaired) electrons. The molecule has 0 N–H and O–H groups in total. The quantitative estimate of drug-likeness (QED) is 0.740. The van der Waals surface area contributed by atoms with Crippen LogP contribution in [-0.4, -0.2) is 55.7 Å². The molecule has 118 valence electrons. The van der Waals surface area contributed by atoms with E-state index in [1.54, 1.807) is 0 Å². The molecule has 0 amide bonds. The minimum absolute atomic E-state index is 0.144. The summed E-state index contributed by atoms with van der Waals surface area (Å²) < 4.78 is 65.8.